The van der Waals surface area contributed by atoms with Crippen LogP contribution in [0.1, 0.15) is 18.5 Å². The molecule has 2 heterocycles. The van der Waals surface area contributed by atoms with E-state index in [9.17, 15) is 4.79 Å². The average Bonchev–Trinajstić information content (AvgIpc) is 2.46. The van der Waals surface area contributed by atoms with E-state index in [0.29, 0.717) is 10.7 Å². The van der Waals surface area contributed by atoms with E-state index in [1.165, 1.54) is 0 Å². The van der Waals surface area contributed by atoms with Crippen molar-refractivity contribution in [3.05, 3.63) is 24.0 Å². The first kappa shape index (κ1) is 13.7. The first-order valence-corrected chi connectivity index (χ1v) is 6.75. The van der Waals surface area contributed by atoms with E-state index in [4.69, 9.17) is 18.0 Å². The Kier molecular flexibility index (Phi) is 4.31. The summed E-state index contributed by atoms with van der Waals surface area (Å²) in [4.78, 5) is 18.3. The van der Waals surface area contributed by atoms with Crippen molar-refractivity contribution in [1.29, 1.82) is 0 Å². The van der Waals surface area contributed by atoms with Crippen molar-refractivity contribution in [1.82, 2.24) is 10.3 Å². The van der Waals surface area contributed by atoms with Crippen LogP contribution in [0.2, 0.25) is 0 Å². The van der Waals surface area contributed by atoms with E-state index in [1.807, 2.05) is 12.1 Å². The molecule has 19 heavy (non-hydrogen) atoms. The number of aromatic nitrogens is 1. The van der Waals surface area contributed by atoms with Gasteiger partial charge in [-0.1, -0.05) is 12.2 Å². The Hall–Kier alpha value is -1.69. The molecule has 1 aromatic rings. The molecule has 3 N–H and O–H groups in total. The van der Waals surface area contributed by atoms with Gasteiger partial charge in [-0.2, -0.15) is 0 Å². The number of nitrogens with zero attached hydrogens (tertiary/aromatic N) is 2. The van der Waals surface area contributed by atoms with E-state index in [1.54, 1.807) is 13.2 Å². The number of amides is 1. The average molecular weight is 278 g/mol. The van der Waals surface area contributed by atoms with Crippen molar-refractivity contribution >= 4 is 28.8 Å². The molecule has 0 bridgehead atoms. The van der Waals surface area contributed by atoms with Gasteiger partial charge in [-0.25, -0.2) is 0 Å². The Bertz CT molecular complexity index is 466. The summed E-state index contributed by atoms with van der Waals surface area (Å²) in [5.41, 5.74) is 7.21. The van der Waals surface area contributed by atoms with Gasteiger partial charge in [0.1, 0.15) is 4.99 Å². The van der Waals surface area contributed by atoms with Crippen LogP contribution in [0.15, 0.2) is 18.3 Å². The maximum atomic E-state index is 11.6. The van der Waals surface area contributed by atoms with Crippen molar-refractivity contribution in [3.8, 4) is 0 Å². The van der Waals surface area contributed by atoms with Gasteiger partial charge in [0, 0.05) is 26.1 Å². The number of hydrogen-bond acceptors (Lipinski definition) is 4. The molecule has 1 aliphatic heterocycles. The van der Waals surface area contributed by atoms with Crippen LogP contribution in [0.3, 0.4) is 0 Å². The largest absolute Gasteiger partial charge is 0.388 e. The third-order valence-corrected chi connectivity index (χ3v) is 3.69. The molecule has 0 unspecified atom stereocenters. The number of piperidine rings is 1. The zero-order chi connectivity index (χ0) is 13.8. The zero-order valence-corrected chi connectivity index (χ0v) is 11.7. The molecule has 0 saturated carbocycles. The lowest BCUT2D eigenvalue weighted by Gasteiger charge is -2.32. The summed E-state index contributed by atoms with van der Waals surface area (Å²) in [6.45, 7) is 1.73. The smallest absolute Gasteiger partial charge is 0.222 e. The molecule has 1 fully saturated rings. The summed E-state index contributed by atoms with van der Waals surface area (Å²) >= 11 is 4.88. The summed E-state index contributed by atoms with van der Waals surface area (Å²) in [5, 5.41) is 2.71. The minimum absolute atomic E-state index is 0.130. The molecular weight excluding hydrogens is 260 g/mol. The second kappa shape index (κ2) is 5.97. The Labute approximate surface area is 118 Å². The van der Waals surface area contributed by atoms with Gasteiger partial charge in [-0.15, -0.1) is 0 Å². The van der Waals surface area contributed by atoms with Gasteiger partial charge in [-0.05, 0) is 25.0 Å². The fourth-order valence-electron chi connectivity index (χ4n) is 2.32. The monoisotopic (exact) mass is 278 g/mol. The van der Waals surface area contributed by atoms with Crippen molar-refractivity contribution in [2.24, 2.45) is 11.7 Å². The first-order chi connectivity index (χ1) is 9.11. The number of anilines is 1. The Balaban J connectivity index is 1.97. The minimum atomic E-state index is 0.130. The highest BCUT2D eigenvalue weighted by atomic mass is 32.1. The molecule has 0 radical (unpaired) electrons. The van der Waals surface area contributed by atoms with Crippen LogP contribution in [-0.2, 0) is 4.79 Å². The van der Waals surface area contributed by atoms with Crippen LogP contribution in [0.25, 0.3) is 0 Å². The van der Waals surface area contributed by atoms with Crippen molar-refractivity contribution < 1.29 is 4.79 Å². The summed E-state index contributed by atoms with van der Waals surface area (Å²) < 4.78 is 0. The molecule has 1 aliphatic rings. The predicted molar refractivity (Wildman–Crippen MR) is 79.1 cm³/mol. The molecule has 2 rings (SSSR count). The fraction of sp³-hybridized carbons (Fsp3) is 0.462. The molecule has 0 spiro atoms. The number of pyridine rings is 1. The Morgan fingerprint density at radius 3 is 2.63 bits per heavy atom. The predicted octanol–water partition coefficient (Wildman–Crippen LogP) is 0.678. The van der Waals surface area contributed by atoms with Gasteiger partial charge in [0.05, 0.1) is 17.6 Å². The van der Waals surface area contributed by atoms with Crippen LogP contribution < -0.4 is 16.0 Å². The van der Waals surface area contributed by atoms with Crippen LogP contribution in [0.4, 0.5) is 5.69 Å². The number of nitrogens with one attached hydrogen (secondary N) is 1. The van der Waals surface area contributed by atoms with Crippen molar-refractivity contribution in [3.63, 3.8) is 0 Å². The Morgan fingerprint density at radius 1 is 1.47 bits per heavy atom. The van der Waals surface area contributed by atoms with Crippen molar-refractivity contribution in [2.75, 3.05) is 25.0 Å². The lowest BCUT2D eigenvalue weighted by molar-refractivity contribution is -0.125. The van der Waals surface area contributed by atoms with E-state index < -0.39 is 0 Å². The van der Waals surface area contributed by atoms with Gasteiger partial charge >= 0.3 is 0 Å². The zero-order valence-electron chi connectivity index (χ0n) is 10.9. The quantitative estimate of drug-likeness (QED) is 0.796. The van der Waals surface area contributed by atoms with Gasteiger partial charge in [-0.3, -0.25) is 9.78 Å². The van der Waals surface area contributed by atoms with Crippen LogP contribution >= 0.6 is 12.2 Å². The maximum Gasteiger partial charge on any atom is 0.222 e. The number of carbonyl (C=O) groups is 1. The molecule has 0 aliphatic carbocycles. The van der Waals surface area contributed by atoms with E-state index >= 15 is 0 Å². The first-order valence-electron chi connectivity index (χ1n) is 6.34. The fourth-order valence-corrected chi connectivity index (χ4v) is 2.44. The van der Waals surface area contributed by atoms with Crippen LogP contribution in [0.5, 0.6) is 0 Å². The van der Waals surface area contributed by atoms with Gasteiger partial charge in [0.2, 0.25) is 5.91 Å². The van der Waals surface area contributed by atoms with E-state index in [0.717, 1.165) is 31.6 Å². The normalized spacial score (nSPS) is 16.2. The standard InChI is InChI=1S/C13H18N4OS/c1-15-13(18)9-4-6-17(7-5-9)10-2-3-11(12(14)19)16-8-10/h2-3,8-9H,4-7H2,1H3,(H2,14,19)(H,15,18). The third-order valence-electron chi connectivity index (χ3n) is 3.48. The molecule has 1 amide bonds. The summed E-state index contributed by atoms with van der Waals surface area (Å²) in [7, 11) is 1.69. The highest BCUT2D eigenvalue weighted by molar-refractivity contribution is 7.80. The molecule has 5 nitrogen and oxygen atoms in total. The molecule has 1 aromatic heterocycles. The number of nitrogens with two attached hydrogens (primary N) is 1. The van der Waals surface area contributed by atoms with E-state index in [2.05, 4.69) is 15.2 Å². The minimum Gasteiger partial charge on any atom is -0.388 e. The highest BCUT2D eigenvalue weighted by Crippen LogP contribution is 2.22. The Morgan fingerprint density at radius 2 is 2.16 bits per heavy atom. The number of rotatable bonds is 3. The summed E-state index contributed by atoms with van der Waals surface area (Å²) in [6, 6.07) is 3.81. The number of thiocarbonyl (C=S) groups is 1. The molecule has 0 aromatic carbocycles. The van der Waals surface area contributed by atoms with Crippen LogP contribution in [-0.4, -0.2) is 36.0 Å². The summed E-state index contributed by atoms with van der Waals surface area (Å²) in [6.07, 6.45) is 3.53. The third kappa shape index (κ3) is 3.20. The van der Waals surface area contributed by atoms with E-state index in [-0.39, 0.29) is 11.8 Å². The SMILES string of the molecule is CNC(=O)C1CCN(c2ccc(C(N)=S)nc2)CC1. The van der Waals surface area contributed by atoms with Gasteiger partial charge in [0.25, 0.3) is 0 Å². The topological polar surface area (TPSA) is 71.2 Å². The molecular formula is C13H18N4OS. The molecule has 0 atom stereocenters. The van der Waals surface area contributed by atoms with Crippen molar-refractivity contribution in [2.45, 2.75) is 12.8 Å². The lowest BCUT2D eigenvalue weighted by atomic mass is 9.96. The number of hydrogen-bond donors (Lipinski definition) is 2. The van der Waals surface area contributed by atoms with Gasteiger partial charge < -0.3 is 16.0 Å². The summed E-state index contributed by atoms with van der Waals surface area (Å²) in [5.74, 6) is 0.270. The second-order valence-electron chi connectivity index (χ2n) is 4.64. The molecule has 102 valence electrons. The second-order valence-corrected chi connectivity index (χ2v) is 5.08. The maximum absolute atomic E-state index is 11.6. The number of carbonyl (C=O) groups excluding carboxylic acids is 1. The lowest BCUT2D eigenvalue weighted by Crippen LogP contribution is -2.39. The molecule has 1 saturated heterocycles. The molecule has 6 heteroatoms. The highest BCUT2D eigenvalue weighted by Gasteiger charge is 2.24. The van der Waals surface area contributed by atoms with Crippen LogP contribution in [0, 0.1) is 5.92 Å². The van der Waals surface area contributed by atoms with Gasteiger partial charge in [0.15, 0.2) is 0 Å².